The summed E-state index contributed by atoms with van der Waals surface area (Å²) < 4.78 is 2.23. The summed E-state index contributed by atoms with van der Waals surface area (Å²) in [5.74, 6) is 1.55. The van der Waals surface area contributed by atoms with Crippen LogP contribution in [-0.2, 0) is 6.54 Å². The minimum absolute atomic E-state index is 0.197. The maximum Gasteiger partial charge on any atom is 0.123 e. The van der Waals surface area contributed by atoms with Gasteiger partial charge in [0.05, 0.1) is 12.6 Å². The molecule has 4 nitrogen and oxygen atoms in total. The van der Waals surface area contributed by atoms with E-state index >= 15 is 0 Å². The van der Waals surface area contributed by atoms with Crippen molar-refractivity contribution >= 4 is 0 Å². The normalized spacial score (nSPS) is 23.5. The number of aliphatic hydroxyl groups is 1. The zero-order chi connectivity index (χ0) is 13.1. The van der Waals surface area contributed by atoms with E-state index in [1.165, 1.54) is 6.42 Å². The summed E-state index contributed by atoms with van der Waals surface area (Å²) in [7, 11) is 0. The largest absolute Gasteiger partial charge is 0.393 e. The van der Waals surface area contributed by atoms with Crippen LogP contribution in [0.2, 0.25) is 0 Å². The van der Waals surface area contributed by atoms with Crippen LogP contribution < -0.4 is 0 Å². The van der Waals surface area contributed by atoms with Crippen LogP contribution in [0.15, 0.2) is 12.4 Å². The first-order valence-corrected chi connectivity index (χ1v) is 7.00. The van der Waals surface area contributed by atoms with Gasteiger partial charge in [-0.1, -0.05) is 0 Å². The number of aromatic nitrogens is 2. The summed E-state index contributed by atoms with van der Waals surface area (Å²) in [6, 6.07) is 0.458. The number of aliphatic hydroxyl groups excluding tert-OH is 1. The minimum atomic E-state index is -0.197. The summed E-state index contributed by atoms with van der Waals surface area (Å²) in [6.45, 7) is 9.27. The first kappa shape index (κ1) is 13.6. The Balaban J connectivity index is 1.98. The van der Waals surface area contributed by atoms with Gasteiger partial charge < -0.3 is 9.67 Å². The topological polar surface area (TPSA) is 41.3 Å². The molecule has 1 aromatic heterocycles. The lowest BCUT2D eigenvalue weighted by Crippen LogP contribution is -2.39. The molecule has 2 rings (SSSR count). The van der Waals surface area contributed by atoms with Gasteiger partial charge in [-0.05, 0) is 46.1 Å². The molecule has 0 bridgehead atoms. The van der Waals surface area contributed by atoms with Crippen molar-refractivity contribution < 1.29 is 5.11 Å². The molecule has 1 N–H and O–H groups in total. The van der Waals surface area contributed by atoms with Crippen LogP contribution in [0.5, 0.6) is 0 Å². The second-order valence-electron chi connectivity index (χ2n) is 5.72. The zero-order valence-electron chi connectivity index (χ0n) is 11.7. The Labute approximate surface area is 110 Å². The average molecular weight is 251 g/mol. The van der Waals surface area contributed by atoms with E-state index in [1.807, 2.05) is 13.1 Å². The lowest BCUT2D eigenvalue weighted by molar-refractivity contribution is 0.0583. The lowest BCUT2D eigenvalue weighted by atomic mass is 9.93. The smallest absolute Gasteiger partial charge is 0.123 e. The third kappa shape index (κ3) is 3.12. The van der Waals surface area contributed by atoms with Crippen molar-refractivity contribution in [2.45, 2.75) is 52.3 Å². The summed E-state index contributed by atoms with van der Waals surface area (Å²) in [5.41, 5.74) is 0. The van der Waals surface area contributed by atoms with Crippen LogP contribution >= 0.6 is 0 Å². The number of nitrogens with zero attached hydrogens (tertiary/aromatic N) is 3. The number of rotatable bonds is 4. The second kappa shape index (κ2) is 5.85. The van der Waals surface area contributed by atoms with Gasteiger partial charge in [-0.3, -0.25) is 4.90 Å². The molecule has 4 heteroatoms. The third-order valence-corrected chi connectivity index (χ3v) is 3.89. The molecule has 18 heavy (non-hydrogen) atoms. The number of hydrogen-bond donors (Lipinski definition) is 1. The highest BCUT2D eigenvalue weighted by Crippen LogP contribution is 2.21. The van der Waals surface area contributed by atoms with Gasteiger partial charge in [-0.15, -0.1) is 0 Å². The molecule has 102 valence electrons. The zero-order valence-corrected chi connectivity index (χ0v) is 11.7. The van der Waals surface area contributed by atoms with E-state index < -0.39 is 0 Å². The third-order valence-electron chi connectivity index (χ3n) is 3.89. The predicted octanol–water partition coefficient (Wildman–Crippen LogP) is 2.06. The fourth-order valence-corrected chi connectivity index (χ4v) is 2.77. The van der Waals surface area contributed by atoms with Gasteiger partial charge in [-0.25, -0.2) is 4.98 Å². The van der Waals surface area contributed by atoms with Gasteiger partial charge in [0.1, 0.15) is 5.82 Å². The molecule has 0 aliphatic carbocycles. The minimum Gasteiger partial charge on any atom is -0.393 e. The molecule has 0 saturated carbocycles. The molecule has 1 aliphatic rings. The van der Waals surface area contributed by atoms with E-state index in [0.29, 0.717) is 12.0 Å². The van der Waals surface area contributed by atoms with Gasteiger partial charge in [0.2, 0.25) is 0 Å². The molecule has 0 spiro atoms. The molecule has 1 saturated heterocycles. The number of piperidine rings is 1. The van der Waals surface area contributed by atoms with Crippen molar-refractivity contribution in [2.75, 3.05) is 13.1 Å². The van der Waals surface area contributed by atoms with Crippen LogP contribution in [0.1, 0.15) is 45.5 Å². The van der Waals surface area contributed by atoms with Crippen molar-refractivity contribution in [1.82, 2.24) is 14.5 Å². The van der Waals surface area contributed by atoms with Crippen molar-refractivity contribution in [2.24, 2.45) is 5.92 Å². The fraction of sp³-hybridized carbons (Fsp3) is 0.786. The molecular weight excluding hydrogens is 226 g/mol. The van der Waals surface area contributed by atoms with Crippen LogP contribution in [0.25, 0.3) is 0 Å². The molecule has 2 heterocycles. The van der Waals surface area contributed by atoms with Gasteiger partial charge in [-0.2, -0.15) is 0 Å². The Hall–Kier alpha value is -0.870. The van der Waals surface area contributed by atoms with Gasteiger partial charge in [0, 0.05) is 25.0 Å². The lowest BCUT2D eigenvalue weighted by Gasteiger charge is -2.34. The molecule has 0 unspecified atom stereocenters. The van der Waals surface area contributed by atoms with Gasteiger partial charge in [0.25, 0.3) is 0 Å². The molecule has 2 atom stereocenters. The Bertz CT molecular complexity index is 373. The maximum atomic E-state index is 9.72. The molecule has 0 aromatic carbocycles. The van der Waals surface area contributed by atoms with Gasteiger partial charge >= 0.3 is 0 Å². The maximum absolute atomic E-state index is 9.72. The van der Waals surface area contributed by atoms with Crippen LogP contribution in [0.3, 0.4) is 0 Å². The van der Waals surface area contributed by atoms with E-state index in [-0.39, 0.29) is 6.10 Å². The van der Waals surface area contributed by atoms with Crippen LogP contribution in [-0.4, -0.2) is 38.8 Å². The first-order valence-electron chi connectivity index (χ1n) is 7.00. The Morgan fingerprint density at radius 3 is 2.89 bits per heavy atom. The first-order chi connectivity index (χ1) is 8.58. The fourth-order valence-electron chi connectivity index (χ4n) is 2.77. The quantitative estimate of drug-likeness (QED) is 0.890. The van der Waals surface area contributed by atoms with Crippen molar-refractivity contribution in [3.8, 4) is 0 Å². The van der Waals surface area contributed by atoms with Gasteiger partial charge in [0.15, 0.2) is 0 Å². The SMILES string of the molecule is CC(C)n1ccnc1CN1CCC[C@@H]([C@@H](C)O)C1. The summed E-state index contributed by atoms with van der Waals surface area (Å²) >= 11 is 0. The van der Waals surface area contributed by atoms with E-state index in [2.05, 4.69) is 34.5 Å². The number of imidazole rings is 1. The van der Waals surface area contributed by atoms with E-state index in [9.17, 15) is 5.11 Å². The van der Waals surface area contributed by atoms with E-state index in [0.717, 1.165) is 31.9 Å². The van der Waals surface area contributed by atoms with Crippen molar-refractivity contribution in [3.63, 3.8) is 0 Å². The molecule has 0 amide bonds. The highest BCUT2D eigenvalue weighted by atomic mass is 16.3. The standard InChI is InChI=1S/C14H25N3O/c1-11(2)17-8-6-15-14(17)10-16-7-4-5-13(9-16)12(3)18/h6,8,11-13,18H,4-5,7,9-10H2,1-3H3/t12-,13-/m1/s1. The number of hydrogen-bond acceptors (Lipinski definition) is 3. The van der Waals surface area contributed by atoms with Crippen LogP contribution in [0.4, 0.5) is 0 Å². The molecule has 0 radical (unpaired) electrons. The summed E-state index contributed by atoms with van der Waals surface area (Å²) in [4.78, 5) is 6.88. The van der Waals surface area contributed by atoms with Crippen molar-refractivity contribution in [3.05, 3.63) is 18.2 Å². The van der Waals surface area contributed by atoms with E-state index in [4.69, 9.17) is 0 Å². The second-order valence-corrected chi connectivity index (χ2v) is 5.72. The molecule has 1 aliphatic heterocycles. The summed E-state index contributed by atoms with van der Waals surface area (Å²) in [6.07, 6.45) is 6.06. The molecular formula is C14H25N3O. The highest BCUT2D eigenvalue weighted by molar-refractivity contribution is 4.95. The van der Waals surface area contributed by atoms with Crippen molar-refractivity contribution in [1.29, 1.82) is 0 Å². The Morgan fingerprint density at radius 2 is 2.22 bits per heavy atom. The predicted molar refractivity (Wildman–Crippen MR) is 72.3 cm³/mol. The highest BCUT2D eigenvalue weighted by Gasteiger charge is 2.24. The molecule has 1 aromatic rings. The van der Waals surface area contributed by atoms with E-state index in [1.54, 1.807) is 0 Å². The Morgan fingerprint density at radius 1 is 1.44 bits per heavy atom. The van der Waals surface area contributed by atoms with Crippen LogP contribution in [0, 0.1) is 5.92 Å². The number of likely N-dealkylation sites (tertiary alicyclic amines) is 1. The molecule has 1 fully saturated rings. The average Bonchev–Trinajstić information content (AvgIpc) is 2.77. The summed E-state index contributed by atoms with van der Waals surface area (Å²) in [5, 5.41) is 9.72. The Kier molecular flexibility index (Phi) is 4.40. The monoisotopic (exact) mass is 251 g/mol.